The Morgan fingerprint density at radius 2 is 2.28 bits per heavy atom. The molecule has 0 amide bonds. The van der Waals surface area contributed by atoms with Gasteiger partial charge in [0, 0.05) is 35.3 Å². The van der Waals surface area contributed by atoms with E-state index in [2.05, 4.69) is 46.6 Å². The smallest absolute Gasteiger partial charge is 0.133 e. The Kier molecular flexibility index (Phi) is 4.84. The number of thiophene rings is 1. The zero-order valence-electron chi connectivity index (χ0n) is 10.9. The molecule has 3 nitrogen and oxygen atoms in total. The molecule has 0 aliphatic heterocycles. The van der Waals surface area contributed by atoms with Gasteiger partial charge in [0.2, 0.25) is 0 Å². The van der Waals surface area contributed by atoms with Gasteiger partial charge < -0.3 is 5.32 Å². The maximum absolute atomic E-state index is 4.58. The van der Waals surface area contributed by atoms with E-state index in [9.17, 15) is 0 Å². The monoisotopic (exact) mass is 261 g/mol. The molecule has 4 heteroatoms. The van der Waals surface area contributed by atoms with Crippen LogP contribution in [0.25, 0.3) is 0 Å². The summed E-state index contributed by atoms with van der Waals surface area (Å²) in [6, 6.07) is 4.19. The standard InChI is InChI=1S/C14H19N3S/c1-3-6-15-9-12-10-16-14(17-11(12)2)8-13-5-4-7-18-13/h4-5,7,10,15H,3,6,8-9H2,1-2H3. The van der Waals surface area contributed by atoms with Crippen LogP contribution < -0.4 is 5.32 Å². The van der Waals surface area contributed by atoms with Crippen LogP contribution in [0.15, 0.2) is 23.7 Å². The summed E-state index contributed by atoms with van der Waals surface area (Å²) in [5.74, 6) is 0.911. The fourth-order valence-corrected chi connectivity index (χ4v) is 2.47. The molecular formula is C14H19N3S. The highest BCUT2D eigenvalue weighted by molar-refractivity contribution is 7.09. The van der Waals surface area contributed by atoms with Crippen molar-refractivity contribution in [2.75, 3.05) is 6.54 Å². The van der Waals surface area contributed by atoms with Gasteiger partial charge in [-0.1, -0.05) is 13.0 Å². The molecule has 2 aromatic rings. The fourth-order valence-electron chi connectivity index (χ4n) is 1.77. The van der Waals surface area contributed by atoms with Crippen molar-refractivity contribution < 1.29 is 0 Å². The van der Waals surface area contributed by atoms with E-state index in [1.165, 1.54) is 10.4 Å². The second-order valence-corrected chi connectivity index (χ2v) is 5.36. The van der Waals surface area contributed by atoms with Crippen molar-refractivity contribution in [2.45, 2.75) is 33.2 Å². The van der Waals surface area contributed by atoms with Gasteiger partial charge in [0.1, 0.15) is 5.82 Å². The third-order valence-electron chi connectivity index (χ3n) is 2.79. The number of nitrogens with one attached hydrogen (secondary N) is 1. The molecule has 0 saturated carbocycles. The molecule has 1 N–H and O–H groups in total. The molecule has 0 aliphatic carbocycles. The Morgan fingerprint density at radius 3 is 2.94 bits per heavy atom. The number of hydrogen-bond acceptors (Lipinski definition) is 4. The van der Waals surface area contributed by atoms with Crippen LogP contribution in [-0.2, 0) is 13.0 Å². The van der Waals surface area contributed by atoms with Crippen LogP contribution in [0.3, 0.4) is 0 Å². The predicted molar refractivity (Wildman–Crippen MR) is 75.9 cm³/mol. The van der Waals surface area contributed by atoms with Crippen LogP contribution in [0.2, 0.25) is 0 Å². The van der Waals surface area contributed by atoms with Crippen molar-refractivity contribution in [1.29, 1.82) is 0 Å². The van der Waals surface area contributed by atoms with Crippen molar-refractivity contribution in [1.82, 2.24) is 15.3 Å². The maximum Gasteiger partial charge on any atom is 0.133 e. The molecular weight excluding hydrogens is 242 g/mol. The molecule has 0 radical (unpaired) electrons. The lowest BCUT2D eigenvalue weighted by molar-refractivity contribution is 0.667. The van der Waals surface area contributed by atoms with Crippen LogP contribution in [0, 0.1) is 6.92 Å². The SMILES string of the molecule is CCCNCc1cnc(Cc2cccs2)nc1C. The molecule has 0 saturated heterocycles. The first-order chi connectivity index (χ1) is 8.79. The summed E-state index contributed by atoms with van der Waals surface area (Å²) >= 11 is 1.75. The first-order valence-electron chi connectivity index (χ1n) is 6.34. The fraction of sp³-hybridized carbons (Fsp3) is 0.429. The predicted octanol–water partition coefficient (Wildman–Crippen LogP) is 2.94. The van der Waals surface area contributed by atoms with E-state index < -0.39 is 0 Å². The van der Waals surface area contributed by atoms with Gasteiger partial charge in [-0.3, -0.25) is 0 Å². The number of hydrogen-bond donors (Lipinski definition) is 1. The normalized spacial score (nSPS) is 10.8. The molecule has 0 bridgehead atoms. The number of aryl methyl sites for hydroxylation is 1. The van der Waals surface area contributed by atoms with Gasteiger partial charge in [-0.05, 0) is 31.3 Å². The highest BCUT2D eigenvalue weighted by Crippen LogP contribution is 2.13. The summed E-state index contributed by atoms with van der Waals surface area (Å²) < 4.78 is 0. The molecule has 2 aromatic heterocycles. The first-order valence-corrected chi connectivity index (χ1v) is 7.22. The average Bonchev–Trinajstić information content (AvgIpc) is 2.85. The summed E-state index contributed by atoms with van der Waals surface area (Å²) in [5.41, 5.74) is 2.28. The summed E-state index contributed by atoms with van der Waals surface area (Å²) in [4.78, 5) is 10.3. The Hall–Kier alpha value is -1.26. The van der Waals surface area contributed by atoms with Crippen molar-refractivity contribution in [3.63, 3.8) is 0 Å². The number of nitrogens with zero attached hydrogens (tertiary/aromatic N) is 2. The minimum absolute atomic E-state index is 0.834. The molecule has 0 aromatic carbocycles. The van der Waals surface area contributed by atoms with Gasteiger partial charge in [0.25, 0.3) is 0 Å². The zero-order chi connectivity index (χ0) is 12.8. The van der Waals surface area contributed by atoms with E-state index in [4.69, 9.17) is 0 Å². The Bertz CT molecular complexity index is 480. The topological polar surface area (TPSA) is 37.8 Å². The number of rotatable bonds is 6. The second kappa shape index (κ2) is 6.61. The maximum atomic E-state index is 4.58. The lowest BCUT2D eigenvalue weighted by Crippen LogP contribution is -2.15. The van der Waals surface area contributed by atoms with Crippen molar-refractivity contribution in [3.05, 3.63) is 45.7 Å². The Balaban J connectivity index is 2.00. The lowest BCUT2D eigenvalue weighted by atomic mass is 10.2. The van der Waals surface area contributed by atoms with E-state index in [1.54, 1.807) is 11.3 Å². The van der Waals surface area contributed by atoms with E-state index in [1.807, 2.05) is 6.20 Å². The third kappa shape index (κ3) is 3.62. The van der Waals surface area contributed by atoms with Gasteiger partial charge >= 0.3 is 0 Å². The van der Waals surface area contributed by atoms with Gasteiger partial charge in [-0.25, -0.2) is 9.97 Å². The van der Waals surface area contributed by atoms with Crippen molar-refractivity contribution >= 4 is 11.3 Å². The molecule has 0 spiro atoms. The summed E-state index contributed by atoms with van der Waals surface area (Å²) in [5, 5.41) is 5.47. The summed E-state index contributed by atoms with van der Waals surface area (Å²) in [6.45, 7) is 6.12. The lowest BCUT2D eigenvalue weighted by Gasteiger charge is -2.07. The molecule has 0 unspecified atom stereocenters. The minimum atomic E-state index is 0.834. The van der Waals surface area contributed by atoms with Crippen LogP contribution >= 0.6 is 11.3 Å². The van der Waals surface area contributed by atoms with Crippen LogP contribution in [0.1, 0.15) is 35.3 Å². The van der Waals surface area contributed by atoms with Gasteiger partial charge in [-0.2, -0.15) is 0 Å². The minimum Gasteiger partial charge on any atom is -0.313 e. The summed E-state index contributed by atoms with van der Waals surface area (Å²) in [7, 11) is 0. The highest BCUT2D eigenvalue weighted by Gasteiger charge is 2.04. The Morgan fingerprint density at radius 1 is 1.39 bits per heavy atom. The van der Waals surface area contributed by atoms with E-state index >= 15 is 0 Å². The molecule has 96 valence electrons. The van der Waals surface area contributed by atoms with Crippen molar-refractivity contribution in [2.24, 2.45) is 0 Å². The second-order valence-electron chi connectivity index (χ2n) is 4.33. The molecule has 0 atom stereocenters. The van der Waals surface area contributed by atoms with Crippen molar-refractivity contribution in [3.8, 4) is 0 Å². The Labute approximate surface area is 112 Å². The van der Waals surface area contributed by atoms with Gasteiger partial charge in [0.15, 0.2) is 0 Å². The third-order valence-corrected chi connectivity index (χ3v) is 3.66. The van der Waals surface area contributed by atoms with E-state index in [0.717, 1.165) is 37.4 Å². The molecule has 2 heterocycles. The van der Waals surface area contributed by atoms with Crippen LogP contribution in [0.5, 0.6) is 0 Å². The molecule has 0 aliphatic rings. The van der Waals surface area contributed by atoms with Crippen LogP contribution in [0.4, 0.5) is 0 Å². The summed E-state index contributed by atoms with van der Waals surface area (Å²) in [6.07, 6.45) is 3.94. The number of aromatic nitrogens is 2. The average molecular weight is 261 g/mol. The largest absolute Gasteiger partial charge is 0.313 e. The molecule has 0 fully saturated rings. The first kappa shape index (κ1) is 13.2. The zero-order valence-corrected chi connectivity index (χ0v) is 11.8. The molecule has 18 heavy (non-hydrogen) atoms. The van der Waals surface area contributed by atoms with Gasteiger partial charge in [-0.15, -0.1) is 11.3 Å². The van der Waals surface area contributed by atoms with E-state index in [0.29, 0.717) is 0 Å². The van der Waals surface area contributed by atoms with Gasteiger partial charge in [0.05, 0.1) is 0 Å². The van der Waals surface area contributed by atoms with E-state index in [-0.39, 0.29) is 0 Å². The quantitative estimate of drug-likeness (QED) is 0.812. The highest BCUT2D eigenvalue weighted by atomic mass is 32.1. The molecule has 2 rings (SSSR count). The van der Waals surface area contributed by atoms with Crippen LogP contribution in [-0.4, -0.2) is 16.5 Å².